The fourth-order valence-electron chi connectivity index (χ4n) is 1.91. The second-order valence-electron chi connectivity index (χ2n) is 4.29. The molecule has 0 fully saturated rings. The minimum absolute atomic E-state index is 0.0642. The van der Waals surface area contributed by atoms with Crippen molar-refractivity contribution in [2.45, 2.75) is 13.0 Å². The van der Waals surface area contributed by atoms with Crippen LogP contribution in [0.1, 0.15) is 6.42 Å². The molecular weight excluding hydrogens is 286 g/mol. The predicted octanol–water partition coefficient (Wildman–Crippen LogP) is 2.43. The van der Waals surface area contributed by atoms with E-state index >= 15 is 0 Å². The number of anilines is 1. The van der Waals surface area contributed by atoms with Crippen LogP contribution in [0.2, 0.25) is 0 Å². The minimum Gasteiger partial charge on any atom is -0.329 e. The SMILES string of the molecule is O=C(CCn1ccnc1-c1ccccn1)Nc1nccs1. The summed E-state index contributed by atoms with van der Waals surface area (Å²) in [6, 6.07) is 5.67. The summed E-state index contributed by atoms with van der Waals surface area (Å²) in [5.74, 6) is 0.697. The maximum atomic E-state index is 11.9. The van der Waals surface area contributed by atoms with Gasteiger partial charge in [0.2, 0.25) is 5.91 Å². The number of aryl methyl sites for hydroxylation is 1. The largest absolute Gasteiger partial charge is 0.329 e. The van der Waals surface area contributed by atoms with E-state index in [1.54, 1.807) is 18.6 Å². The Bertz CT molecular complexity index is 708. The summed E-state index contributed by atoms with van der Waals surface area (Å²) in [4.78, 5) is 24.5. The molecule has 1 N–H and O–H groups in total. The normalized spacial score (nSPS) is 10.5. The predicted molar refractivity (Wildman–Crippen MR) is 80.8 cm³/mol. The van der Waals surface area contributed by atoms with Crippen molar-refractivity contribution in [1.29, 1.82) is 0 Å². The Morgan fingerprint density at radius 3 is 2.90 bits per heavy atom. The van der Waals surface area contributed by atoms with Crippen LogP contribution in [0.4, 0.5) is 5.13 Å². The molecule has 0 aliphatic heterocycles. The smallest absolute Gasteiger partial charge is 0.227 e. The van der Waals surface area contributed by atoms with Crippen LogP contribution in [0.5, 0.6) is 0 Å². The molecule has 0 unspecified atom stereocenters. The first-order chi connectivity index (χ1) is 10.3. The van der Waals surface area contributed by atoms with Crippen molar-refractivity contribution in [3.05, 3.63) is 48.4 Å². The second-order valence-corrected chi connectivity index (χ2v) is 5.19. The van der Waals surface area contributed by atoms with Gasteiger partial charge in [0.25, 0.3) is 0 Å². The molecule has 0 bridgehead atoms. The van der Waals surface area contributed by atoms with Gasteiger partial charge in [0.05, 0.1) is 0 Å². The number of aromatic nitrogens is 4. The lowest BCUT2D eigenvalue weighted by molar-refractivity contribution is -0.116. The highest BCUT2D eigenvalue weighted by atomic mass is 32.1. The van der Waals surface area contributed by atoms with E-state index in [0.29, 0.717) is 18.1 Å². The fraction of sp³-hybridized carbons (Fsp3) is 0.143. The van der Waals surface area contributed by atoms with Crippen LogP contribution >= 0.6 is 11.3 Å². The highest BCUT2D eigenvalue weighted by molar-refractivity contribution is 7.13. The Kier molecular flexibility index (Phi) is 4.02. The van der Waals surface area contributed by atoms with Crippen molar-refractivity contribution < 1.29 is 4.79 Å². The van der Waals surface area contributed by atoms with Crippen LogP contribution < -0.4 is 5.32 Å². The third kappa shape index (κ3) is 3.32. The van der Waals surface area contributed by atoms with Gasteiger partial charge < -0.3 is 9.88 Å². The number of thiazole rings is 1. The first-order valence-electron chi connectivity index (χ1n) is 6.45. The zero-order valence-electron chi connectivity index (χ0n) is 11.1. The number of pyridine rings is 1. The fourth-order valence-corrected chi connectivity index (χ4v) is 2.45. The molecule has 3 rings (SSSR count). The van der Waals surface area contributed by atoms with E-state index in [2.05, 4.69) is 20.3 Å². The molecule has 0 atom stereocenters. The van der Waals surface area contributed by atoms with Gasteiger partial charge >= 0.3 is 0 Å². The highest BCUT2D eigenvalue weighted by Gasteiger charge is 2.09. The Morgan fingerprint density at radius 1 is 1.19 bits per heavy atom. The van der Waals surface area contributed by atoms with Crippen LogP contribution in [0.25, 0.3) is 11.5 Å². The van der Waals surface area contributed by atoms with Gasteiger partial charge in [-0.05, 0) is 12.1 Å². The number of hydrogen-bond donors (Lipinski definition) is 1. The molecule has 0 aliphatic rings. The zero-order chi connectivity index (χ0) is 14.5. The van der Waals surface area contributed by atoms with E-state index in [4.69, 9.17) is 0 Å². The third-order valence-electron chi connectivity index (χ3n) is 2.87. The first kappa shape index (κ1) is 13.4. The Labute approximate surface area is 125 Å². The van der Waals surface area contributed by atoms with Crippen molar-refractivity contribution in [1.82, 2.24) is 19.5 Å². The van der Waals surface area contributed by atoms with Crippen LogP contribution in [0, 0.1) is 0 Å². The van der Waals surface area contributed by atoms with Gasteiger partial charge in [-0.25, -0.2) is 9.97 Å². The van der Waals surface area contributed by atoms with Gasteiger partial charge in [-0.15, -0.1) is 11.3 Å². The summed E-state index contributed by atoms with van der Waals surface area (Å²) >= 11 is 1.40. The van der Waals surface area contributed by atoms with Crippen molar-refractivity contribution in [3.63, 3.8) is 0 Å². The molecule has 1 amide bonds. The number of nitrogens with zero attached hydrogens (tertiary/aromatic N) is 4. The summed E-state index contributed by atoms with van der Waals surface area (Å²) in [7, 11) is 0. The lowest BCUT2D eigenvalue weighted by Gasteiger charge is -2.07. The van der Waals surface area contributed by atoms with Crippen LogP contribution in [0.15, 0.2) is 48.4 Å². The van der Waals surface area contributed by atoms with Crippen molar-refractivity contribution in [3.8, 4) is 11.5 Å². The number of imidazole rings is 1. The van der Waals surface area contributed by atoms with Crippen LogP contribution in [-0.2, 0) is 11.3 Å². The van der Waals surface area contributed by atoms with Gasteiger partial charge in [-0.2, -0.15) is 0 Å². The average molecular weight is 299 g/mol. The van der Waals surface area contributed by atoms with E-state index in [1.807, 2.05) is 34.3 Å². The quantitative estimate of drug-likeness (QED) is 0.785. The molecular formula is C14H13N5OS. The summed E-state index contributed by atoms with van der Waals surface area (Å²) in [5.41, 5.74) is 0.794. The molecule has 106 valence electrons. The maximum Gasteiger partial charge on any atom is 0.227 e. The van der Waals surface area contributed by atoms with Crippen LogP contribution in [0.3, 0.4) is 0 Å². The van der Waals surface area contributed by atoms with Gasteiger partial charge in [0, 0.05) is 43.1 Å². The molecule has 3 heterocycles. The summed E-state index contributed by atoms with van der Waals surface area (Å²) < 4.78 is 1.92. The summed E-state index contributed by atoms with van der Waals surface area (Å²) in [5, 5.41) is 5.21. The van der Waals surface area contributed by atoms with E-state index in [0.717, 1.165) is 11.5 Å². The van der Waals surface area contributed by atoms with E-state index in [9.17, 15) is 4.79 Å². The molecule has 0 spiro atoms. The van der Waals surface area contributed by atoms with Gasteiger partial charge in [0.1, 0.15) is 5.69 Å². The molecule has 0 aliphatic carbocycles. The molecule has 0 saturated carbocycles. The number of hydrogen-bond acceptors (Lipinski definition) is 5. The van der Waals surface area contributed by atoms with Crippen LogP contribution in [-0.4, -0.2) is 25.4 Å². The molecule has 0 aromatic carbocycles. The van der Waals surface area contributed by atoms with E-state index in [-0.39, 0.29) is 5.91 Å². The summed E-state index contributed by atoms with van der Waals surface area (Å²) in [6.07, 6.45) is 7.30. The topological polar surface area (TPSA) is 72.7 Å². The van der Waals surface area contributed by atoms with Gasteiger partial charge in [-0.1, -0.05) is 6.07 Å². The Hall–Kier alpha value is -2.54. The van der Waals surface area contributed by atoms with E-state index < -0.39 is 0 Å². The second kappa shape index (κ2) is 6.27. The summed E-state index contributed by atoms with van der Waals surface area (Å²) in [6.45, 7) is 0.545. The molecule has 3 aromatic heterocycles. The Morgan fingerprint density at radius 2 is 2.14 bits per heavy atom. The number of amides is 1. The van der Waals surface area contributed by atoms with Gasteiger partial charge in [-0.3, -0.25) is 9.78 Å². The van der Waals surface area contributed by atoms with E-state index in [1.165, 1.54) is 11.3 Å². The minimum atomic E-state index is -0.0642. The van der Waals surface area contributed by atoms with Crippen molar-refractivity contribution >= 4 is 22.4 Å². The van der Waals surface area contributed by atoms with Gasteiger partial charge in [0.15, 0.2) is 11.0 Å². The highest BCUT2D eigenvalue weighted by Crippen LogP contribution is 2.15. The molecule has 3 aromatic rings. The molecule has 7 heteroatoms. The lowest BCUT2D eigenvalue weighted by Crippen LogP contribution is -2.14. The maximum absolute atomic E-state index is 11.9. The zero-order valence-corrected chi connectivity index (χ0v) is 12.0. The molecule has 0 radical (unpaired) electrons. The third-order valence-corrected chi connectivity index (χ3v) is 3.56. The Balaban J connectivity index is 1.64. The lowest BCUT2D eigenvalue weighted by atomic mass is 10.3. The monoisotopic (exact) mass is 299 g/mol. The van der Waals surface area contributed by atoms with Crippen molar-refractivity contribution in [2.24, 2.45) is 0 Å². The number of rotatable bonds is 5. The first-order valence-corrected chi connectivity index (χ1v) is 7.33. The number of carbonyl (C=O) groups excluding carboxylic acids is 1. The standard InChI is InChI=1S/C14H13N5OS/c20-12(18-14-17-7-10-21-14)4-8-19-9-6-16-13(19)11-3-1-2-5-15-11/h1-3,5-7,9-10H,4,8H2,(H,17,18,20). The van der Waals surface area contributed by atoms with Crippen molar-refractivity contribution in [2.75, 3.05) is 5.32 Å². The molecule has 6 nitrogen and oxygen atoms in total. The number of nitrogens with one attached hydrogen (secondary N) is 1. The molecule has 21 heavy (non-hydrogen) atoms. The number of carbonyl (C=O) groups is 1. The average Bonchev–Trinajstić information content (AvgIpc) is 3.17. The molecule has 0 saturated heterocycles.